The minimum absolute atomic E-state index is 0.589. The summed E-state index contributed by atoms with van der Waals surface area (Å²) in [6.07, 6.45) is 1.55. The summed E-state index contributed by atoms with van der Waals surface area (Å²) in [6.45, 7) is 6.75. The van der Waals surface area contributed by atoms with E-state index in [0.29, 0.717) is 6.61 Å². The van der Waals surface area contributed by atoms with Crippen LogP contribution in [0.5, 0.6) is 5.75 Å². The van der Waals surface area contributed by atoms with Gasteiger partial charge in [-0.2, -0.15) is 5.26 Å². The molecule has 0 saturated heterocycles. The highest BCUT2D eigenvalue weighted by molar-refractivity contribution is 7.12. The molecular formula is C16H18N2OS. The molecule has 0 bridgehead atoms. The van der Waals surface area contributed by atoms with Crippen LogP contribution >= 0.6 is 11.3 Å². The van der Waals surface area contributed by atoms with Crippen molar-refractivity contribution in [3.8, 4) is 11.8 Å². The molecule has 0 aliphatic heterocycles. The van der Waals surface area contributed by atoms with Crippen molar-refractivity contribution in [2.75, 3.05) is 6.61 Å². The second-order valence-corrected chi connectivity index (χ2v) is 5.73. The van der Waals surface area contributed by atoms with Gasteiger partial charge in [-0.25, -0.2) is 4.98 Å². The second-order valence-electron chi connectivity index (χ2n) is 4.65. The standard InChI is InChI=1S/C16H18N2OS/c1-4-13-15(10-17)20-16(18-13)8-9-19-14-7-5-6-11(2)12(14)3/h5-7H,4,8-9H2,1-3H3. The molecule has 1 aromatic carbocycles. The van der Waals surface area contributed by atoms with Crippen molar-refractivity contribution in [2.45, 2.75) is 33.6 Å². The second kappa shape index (κ2) is 6.53. The lowest BCUT2D eigenvalue weighted by Gasteiger charge is -2.09. The van der Waals surface area contributed by atoms with Crippen molar-refractivity contribution < 1.29 is 4.74 Å². The summed E-state index contributed by atoms with van der Waals surface area (Å²) in [7, 11) is 0. The molecule has 0 amide bonds. The number of nitrogens with zero attached hydrogens (tertiary/aromatic N) is 2. The Morgan fingerprint density at radius 3 is 2.80 bits per heavy atom. The number of thiazole rings is 1. The first-order chi connectivity index (χ1) is 9.65. The maximum Gasteiger partial charge on any atom is 0.128 e. The first-order valence-corrected chi connectivity index (χ1v) is 7.55. The lowest BCUT2D eigenvalue weighted by Crippen LogP contribution is -2.03. The third-order valence-corrected chi connectivity index (χ3v) is 4.37. The van der Waals surface area contributed by atoms with Gasteiger partial charge >= 0.3 is 0 Å². The monoisotopic (exact) mass is 286 g/mol. The molecule has 0 aliphatic rings. The van der Waals surface area contributed by atoms with Gasteiger partial charge in [0.05, 0.1) is 17.3 Å². The zero-order valence-corrected chi connectivity index (χ0v) is 12.9. The van der Waals surface area contributed by atoms with Crippen LogP contribution in [0.1, 0.15) is 33.6 Å². The number of hydrogen-bond donors (Lipinski definition) is 0. The van der Waals surface area contributed by atoms with Crippen molar-refractivity contribution in [2.24, 2.45) is 0 Å². The molecule has 0 spiro atoms. The van der Waals surface area contributed by atoms with E-state index in [0.717, 1.165) is 34.2 Å². The van der Waals surface area contributed by atoms with Crippen LogP contribution in [-0.4, -0.2) is 11.6 Å². The fourth-order valence-electron chi connectivity index (χ4n) is 1.96. The van der Waals surface area contributed by atoms with E-state index >= 15 is 0 Å². The van der Waals surface area contributed by atoms with E-state index in [1.54, 1.807) is 0 Å². The lowest BCUT2D eigenvalue weighted by molar-refractivity contribution is 0.319. The summed E-state index contributed by atoms with van der Waals surface area (Å²) in [6, 6.07) is 8.28. The fourth-order valence-corrected chi connectivity index (χ4v) is 2.89. The summed E-state index contributed by atoms with van der Waals surface area (Å²) >= 11 is 1.47. The number of ether oxygens (including phenoxy) is 1. The van der Waals surface area contributed by atoms with Crippen molar-refractivity contribution >= 4 is 11.3 Å². The molecule has 0 aliphatic carbocycles. The molecular weight excluding hydrogens is 268 g/mol. The van der Waals surface area contributed by atoms with Gasteiger partial charge in [0.25, 0.3) is 0 Å². The Balaban J connectivity index is 1.98. The SMILES string of the molecule is CCc1nc(CCOc2cccc(C)c2C)sc1C#N. The average Bonchev–Trinajstić information content (AvgIpc) is 2.86. The van der Waals surface area contributed by atoms with Crippen LogP contribution in [0, 0.1) is 25.2 Å². The summed E-state index contributed by atoms with van der Waals surface area (Å²) < 4.78 is 5.82. The molecule has 0 atom stereocenters. The third kappa shape index (κ3) is 3.17. The molecule has 104 valence electrons. The molecule has 0 unspecified atom stereocenters. The average molecular weight is 286 g/mol. The van der Waals surface area contributed by atoms with Crippen LogP contribution < -0.4 is 4.74 Å². The summed E-state index contributed by atoms with van der Waals surface area (Å²) in [5.41, 5.74) is 3.31. The number of aryl methyl sites for hydroxylation is 2. The van der Waals surface area contributed by atoms with Gasteiger partial charge in [-0.05, 0) is 37.5 Å². The molecule has 0 radical (unpaired) electrons. The molecule has 4 heteroatoms. The van der Waals surface area contributed by atoms with E-state index in [-0.39, 0.29) is 0 Å². The molecule has 1 aromatic heterocycles. The van der Waals surface area contributed by atoms with E-state index in [2.05, 4.69) is 31.0 Å². The summed E-state index contributed by atoms with van der Waals surface area (Å²) in [5.74, 6) is 0.928. The molecule has 0 fully saturated rings. The predicted octanol–water partition coefficient (Wildman–Crippen LogP) is 3.82. The third-order valence-electron chi connectivity index (χ3n) is 3.31. The highest BCUT2D eigenvalue weighted by Crippen LogP contribution is 2.22. The Morgan fingerprint density at radius 2 is 2.15 bits per heavy atom. The zero-order chi connectivity index (χ0) is 14.5. The van der Waals surface area contributed by atoms with Gasteiger partial charge in [0.15, 0.2) is 0 Å². The molecule has 20 heavy (non-hydrogen) atoms. The first-order valence-electron chi connectivity index (χ1n) is 6.73. The van der Waals surface area contributed by atoms with Crippen LogP contribution in [0.3, 0.4) is 0 Å². The Kier molecular flexibility index (Phi) is 4.75. The summed E-state index contributed by atoms with van der Waals surface area (Å²) in [4.78, 5) is 5.22. The Hall–Kier alpha value is -1.86. The smallest absolute Gasteiger partial charge is 0.128 e. The zero-order valence-electron chi connectivity index (χ0n) is 12.1. The van der Waals surface area contributed by atoms with Gasteiger partial charge < -0.3 is 4.74 Å². The molecule has 0 N–H and O–H groups in total. The topological polar surface area (TPSA) is 45.9 Å². The minimum Gasteiger partial charge on any atom is -0.493 e. The van der Waals surface area contributed by atoms with Crippen LogP contribution in [0.2, 0.25) is 0 Å². The number of aromatic nitrogens is 1. The van der Waals surface area contributed by atoms with Crippen LogP contribution in [0.25, 0.3) is 0 Å². The fraction of sp³-hybridized carbons (Fsp3) is 0.375. The Morgan fingerprint density at radius 1 is 1.35 bits per heavy atom. The molecule has 1 heterocycles. The van der Waals surface area contributed by atoms with Crippen LogP contribution in [0.4, 0.5) is 0 Å². The van der Waals surface area contributed by atoms with Gasteiger partial charge in [-0.1, -0.05) is 19.1 Å². The van der Waals surface area contributed by atoms with Gasteiger partial charge in [0.1, 0.15) is 16.7 Å². The molecule has 3 nitrogen and oxygen atoms in total. The first kappa shape index (κ1) is 14.5. The number of rotatable bonds is 5. The van der Waals surface area contributed by atoms with Crippen molar-refractivity contribution in [3.05, 3.63) is 44.9 Å². The number of nitriles is 1. The lowest BCUT2D eigenvalue weighted by atomic mass is 10.1. The van der Waals surface area contributed by atoms with Gasteiger partial charge in [-0.15, -0.1) is 11.3 Å². The van der Waals surface area contributed by atoms with E-state index in [1.807, 2.05) is 19.1 Å². The Labute approximate surface area is 123 Å². The minimum atomic E-state index is 0.589. The van der Waals surface area contributed by atoms with Gasteiger partial charge in [0, 0.05) is 6.42 Å². The Bertz CT molecular complexity index is 640. The van der Waals surface area contributed by atoms with Crippen molar-refractivity contribution in [1.82, 2.24) is 4.98 Å². The van der Waals surface area contributed by atoms with E-state index in [4.69, 9.17) is 10.00 Å². The van der Waals surface area contributed by atoms with Crippen molar-refractivity contribution in [3.63, 3.8) is 0 Å². The highest BCUT2D eigenvalue weighted by atomic mass is 32.1. The molecule has 0 saturated carbocycles. The quantitative estimate of drug-likeness (QED) is 0.839. The maximum atomic E-state index is 9.02. The predicted molar refractivity (Wildman–Crippen MR) is 81.3 cm³/mol. The number of benzene rings is 1. The molecule has 2 aromatic rings. The van der Waals surface area contributed by atoms with Crippen LogP contribution in [0.15, 0.2) is 18.2 Å². The van der Waals surface area contributed by atoms with Crippen LogP contribution in [-0.2, 0) is 12.8 Å². The van der Waals surface area contributed by atoms with E-state index in [1.165, 1.54) is 22.5 Å². The molecule has 2 rings (SSSR count). The van der Waals surface area contributed by atoms with Gasteiger partial charge in [-0.3, -0.25) is 0 Å². The van der Waals surface area contributed by atoms with E-state index < -0.39 is 0 Å². The summed E-state index contributed by atoms with van der Waals surface area (Å²) in [5, 5.41) is 10.00. The maximum absolute atomic E-state index is 9.02. The largest absolute Gasteiger partial charge is 0.493 e. The highest BCUT2D eigenvalue weighted by Gasteiger charge is 2.09. The van der Waals surface area contributed by atoms with Gasteiger partial charge in [0.2, 0.25) is 0 Å². The normalized spacial score (nSPS) is 10.3. The van der Waals surface area contributed by atoms with Crippen molar-refractivity contribution in [1.29, 1.82) is 5.26 Å². The number of hydrogen-bond acceptors (Lipinski definition) is 4. The van der Waals surface area contributed by atoms with E-state index in [9.17, 15) is 0 Å².